The predicted octanol–water partition coefficient (Wildman–Crippen LogP) is 1.19. The molecule has 0 amide bonds. The molecule has 0 bridgehead atoms. The number of aromatic nitrogens is 4. The summed E-state index contributed by atoms with van der Waals surface area (Å²) in [5, 5.41) is 8.07. The highest BCUT2D eigenvalue weighted by Gasteiger charge is 2.27. The first kappa shape index (κ1) is 12.1. The van der Waals surface area contributed by atoms with E-state index in [2.05, 4.69) is 30.0 Å². The Kier molecular flexibility index (Phi) is 2.84. The number of hydrogen-bond donors (Lipinski definition) is 1. The average molecular weight is 272 g/mol. The molecule has 6 heteroatoms. The molecule has 0 atom stereocenters. The maximum absolute atomic E-state index is 4.63. The third-order valence-electron chi connectivity index (χ3n) is 4.29. The van der Waals surface area contributed by atoms with E-state index >= 15 is 0 Å². The maximum atomic E-state index is 4.63. The topological polar surface area (TPSA) is 60.9 Å². The van der Waals surface area contributed by atoms with Crippen LogP contribution >= 0.6 is 0 Å². The lowest BCUT2D eigenvalue weighted by Gasteiger charge is -2.35. The summed E-state index contributed by atoms with van der Waals surface area (Å²) < 4.78 is 0. The van der Waals surface area contributed by atoms with Crippen LogP contribution in [0.5, 0.6) is 0 Å². The van der Waals surface area contributed by atoms with E-state index in [1.165, 1.54) is 19.4 Å². The summed E-state index contributed by atoms with van der Waals surface area (Å²) in [4.78, 5) is 14.0. The molecule has 1 N–H and O–H groups in total. The number of rotatable bonds is 3. The molecule has 106 valence electrons. The van der Waals surface area contributed by atoms with Crippen molar-refractivity contribution in [3.8, 4) is 0 Å². The second-order valence-corrected chi connectivity index (χ2v) is 5.96. The summed E-state index contributed by atoms with van der Waals surface area (Å²) in [5.41, 5.74) is 0.841. The van der Waals surface area contributed by atoms with Crippen molar-refractivity contribution in [2.24, 2.45) is 5.92 Å². The van der Waals surface area contributed by atoms with Gasteiger partial charge in [-0.15, -0.1) is 0 Å². The fourth-order valence-electron chi connectivity index (χ4n) is 2.98. The Morgan fingerprint density at radius 2 is 2.00 bits per heavy atom. The van der Waals surface area contributed by atoms with E-state index in [9.17, 15) is 0 Å². The number of aryl methyl sites for hydroxylation is 1. The summed E-state index contributed by atoms with van der Waals surface area (Å²) in [7, 11) is 0. The molecule has 2 aromatic rings. The Labute approximate surface area is 118 Å². The van der Waals surface area contributed by atoms with Crippen LogP contribution in [0.25, 0.3) is 11.0 Å². The van der Waals surface area contributed by atoms with Gasteiger partial charge in [0.05, 0.1) is 11.6 Å². The van der Waals surface area contributed by atoms with Crippen molar-refractivity contribution in [3.05, 3.63) is 12.0 Å². The molecule has 3 heterocycles. The monoisotopic (exact) mass is 272 g/mol. The minimum atomic E-state index is 0.803. The van der Waals surface area contributed by atoms with Crippen molar-refractivity contribution in [1.82, 2.24) is 25.1 Å². The van der Waals surface area contributed by atoms with Gasteiger partial charge in [0.25, 0.3) is 0 Å². The first-order chi connectivity index (χ1) is 9.79. The molecular weight excluding hydrogens is 252 g/mol. The first-order valence-corrected chi connectivity index (χ1v) is 7.44. The molecule has 0 aromatic carbocycles. The number of hydrogen-bond acceptors (Lipinski definition) is 5. The van der Waals surface area contributed by atoms with Crippen molar-refractivity contribution < 1.29 is 0 Å². The molecule has 2 aliphatic rings. The van der Waals surface area contributed by atoms with E-state index in [-0.39, 0.29) is 0 Å². The Bertz CT molecular complexity index is 609. The Balaban J connectivity index is 1.53. The fraction of sp³-hybridized carbons (Fsp3) is 0.643. The van der Waals surface area contributed by atoms with Gasteiger partial charge in [-0.05, 0) is 25.7 Å². The zero-order valence-corrected chi connectivity index (χ0v) is 11.8. The van der Waals surface area contributed by atoms with Crippen LogP contribution in [0.1, 0.15) is 18.7 Å². The molecule has 4 rings (SSSR count). The van der Waals surface area contributed by atoms with Crippen molar-refractivity contribution in [1.29, 1.82) is 0 Å². The third-order valence-corrected chi connectivity index (χ3v) is 4.29. The number of piperazine rings is 1. The van der Waals surface area contributed by atoms with E-state index in [0.29, 0.717) is 0 Å². The molecule has 1 aliphatic carbocycles. The van der Waals surface area contributed by atoms with Crippen molar-refractivity contribution >= 4 is 16.9 Å². The Morgan fingerprint density at radius 3 is 2.75 bits per heavy atom. The second-order valence-electron chi connectivity index (χ2n) is 5.96. The van der Waals surface area contributed by atoms with Gasteiger partial charge < -0.3 is 4.90 Å². The van der Waals surface area contributed by atoms with Crippen molar-refractivity contribution in [2.75, 3.05) is 37.6 Å². The van der Waals surface area contributed by atoms with Crippen LogP contribution in [0.2, 0.25) is 0 Å². The molecule has 6 nitrogen and oxygen atoms in total. The van der Waals surface area contributed by atoms with E-state index in [0.717, 1.165) is 54.8 Å². The van der Waals surface area contributed by atoms with Crippen LogP contribution in [0.15, 0.2) is 6.20 Å². The summed E-state index contributed by atoms with van der Waals surface area (Å²) in [6.07, 6.45) is 4.70. The number of nitrogens with one attached hydrogen (secondary N) is 1. The quantitative estimate of drug-likeness (QED) is 0.909. The van der Waals surface area contributed by atoms with Crippen LogP contribution in [0.3, 0.4) is 0 Å². The highest BCUT2D eigenvalue weighted by atomic mass is 15.3. The lowest BCUT2D eigenvalue weighted by Crippen LogP contribution is -2.47. The molecule has 0 radical (unpaired) electrons. The number of anilines is 1. The molecule has 0 spiro atoms. The lowest BCUT2D eigenvalue weighted by molar-refractivity contribution is 0.248. The number of aromatic amines is 1. The van der Waals surface area contributed by atoms with Gasteiger partial charge in [-0.1, -0.05) is 0 Å². The first-order valence-electron chi connectivity index (χ1n) is 7.44. The number of H-pyrrole nitrogens is 1. The largest absolute Gasteiger partial charge is 0.353 e. The molecule has 1 saturated heterocycles. The van der Waals surface area contributed by atoms with Gasteiger partial charge in [-0.3, -0.25) is 10.00 Å². The van der Waals surface area contributed by atoms with Gasteiger partial charge in [0.15, 0.2) is 5.65 Å². The fourth-order valence-corrected chi connectivity index (χ4v) is 2.98. The molecule has 2 fully saturated rings. The molecule has 0 unspecified atom stereocenters. The minimum Gasteiger partial charge on any atom is -0.353 e. The van der Waals surface area contributed by atoms with Crippen LogP contribution in [-0.2, 0) is 0 Å². The highest BCUT2D eigenvalue weighted by Crippen LogP contribution is 2.30. The smallest absolute Gasteiger partial charge is 0.161 e. The Morgan fingerprint density at radius 1 is 1.20 bits per heavy atom. The summed E-state index contributed by atoms with van der Waals surface area (Å²) in [6, 6.07) is 0. The van der Waals surface area contributed by atoms with Crippen molar-refractivity contribution in [3.63, 3.8) is 0 Å². The molecule has 20 heavy (non-hydrogen) atoms. The normalized spacial score (nSPS) is 20.8. The summed E-state index contributed by atoms with van der Waals surface area (Å²) >= 11 is 0. The third kappa shape index (κ3) is 2.24. The molecule has 2 aromatic heterocycles. The highest BCUT2D eigenvalue weighted by molar-refractivity contribution is 5.86. The van der Waals surface area contributed by atoms with Crippen LogP contribution in [0.4, 0.5) is 5.82 Å². The molecule has 1 aliphatic heterocycles. The van der Waals surface area contributed by atoms with E-state index in [1.54, 1.807) is 0 Å². The zero-order valence-electron chi connectivity index (χ0n) is 11.8. The molecule has 1 saturated carbocycles. The van der Waals surface area contributed by atoms with Gasteiger partial charge in [0, 0.05) is 32.7 Å². The Hall–Kier alpha value is -1.69. The summed E-state index contributed by atoms with van der Waals surface area (Å²) in [6.45, 7) is 7.59. The maximum Gasteiger partial charge on any atom is 0.161 e. The zero-order chi connectivity index (χ0) is 13.5. The predicted molar refractivity (Wildman–Crippen MR) is 77.8 cm³/mol. The van der Waals surface area contributed by atoms with Gasteiger partial charge in [0.2, 0.25) is 0 Å². The minimum absolute atomic E-state index is 0.803. The van der Waals surface area contributed by atoms with Gasteiger partial charge in [-0.25, -0.2) is 9.97 Å². The van der Waals surface area contributed by atoms with Gasteiger partial charge in [0.1, 0.15) is 11.6 Å². The molecular formula is C14H20N6. The van der Waals surface area contributed by atoms with E-state index < -0.39 is 0 Å². The van der Waals surface area contributed by atoms with Crippen LogP contribution in [0, 0.1) is 12.8 Å². The van der Waals surface area contributed by atoms with Crippen LogP contribution < -0.4 is 4.90 Å². The SMILES string of the molecule is Cc1nc(N2CCN(CC3CC3)CC2)c2cn[nH]c2n1. The van der Waals surface area contributed by atoms with E-state index in [4.69, 9.17) is 0 Å². The number of fused-ring (bicyclic) bond motifs is 1. The number of nitrogens with zero attached hydrogens (tertiary/aromatic N) is 5. The second kappa shape index (κ2) is 4.70. The van der Waals surface area contributed by atoms with E-state index in [1.807, 2.05) is 13.1 Å². The van der Waals surface area contributed by atoms with Gasteiger partial charge in [-0.2, -0.15) is 5.10 Å². The van der Waals surface area contributed by atoms with Crippen molar-refractivity contribution in [2.45, 2.75) is 19.8 Å². The lowest BCUT2D eigenvalue weighted by atomic mass is 10.2. The van der Waals surface area contributed by atoms with Gasteiger partial charge >= 0.3 is 0 Å². The summed E-state index contributed by atoms with van der Waals surface area (Å²) in [5.74, 6) is 2.81. The van der Waals surface area contributed by atoms with Crippen LogP contribution in [-0.4, -0.2) is 57.8 Å². The average Bonchev–Trinajstić information content (AvgIpc) is 3.14. The standard InChI is InChI=1S/C14H20N6/c1-10-16-13-12(8-15-18-13)14(17-10)20-6-4-19(5-7-20)9-11-2-3-11/h8,11H,2-7,9H2,1H3,(H,15,16,17,18).